The maximum Gasteiger partial charge on any atom is 0.0455 e. The molecule has 1 aromatic heterocycles. The maximum atomic E-state index is 3.69. The van der Waals surface area contributed by atoms with Crippen molar-refractivity contribution in [3.63, 3.8) is 0 Å². The molecule has 3 aromatic rings. The summed E-state index contributed by atoms with van der Waals surface area (Å²) in [5.74, 6) is 0. The standard InChI is InChI=1S/C18H17BrN2/c19-15-3-1-13-10-16(4-2-12(13)9-15)21-17-5-6-18-14(11-17)7-8-20-18/h1,3,5-9,11,16,20-21H,2,4,10H2. The summed E-state index contributed by atoms with van der Waals surface area (Å²) in [4.78, 5) is 3.24. The Hall–Kier alpha value is -1.74. The van der Waals surface area contributed by atoms with Crippen LogP contribution in [0.4, 0.5) is 5.69 Å². The topological polar surface area (TPSA) is 27.8 Å². The third-order valence-electron chi connectivity index (χ3n) is 4.32. The molecule has 1 heterocycles. The predicted octanol–water partition coefficient (Wildman–Crippen LogP) is 4.90. The molecule has 0 amide bonds. The van der Waals surface area contributed by atoms with Crippen LogP contribution in [0.3, 0.4) is 0 Å². The Bertz CT molecular complexity index is 791. The van der Waals surface area contributed by atoms with Gasteiger partial charge >= 0.3 is 0 Å². The fourth-order valence-electron chi connectivity index (χ4n) is 3.23. The zero-order valence-corrected chi connectivity index (χ0v) is 13.3. The van der Waals surface area contributed by atoms with Crippen LogP contribution >= 0.6 is 15.9 Å². The van der Waals surface area contributed by atoms with Gasteiger partial charge in [-0.15, -0.1) is 0 Å². The lowest BCUT2D eigenvalue weighted by molar-refractivity contribution is 0.611. The molecule has 0 saturated heterocycles. The van der Waals surface area contributed by atoms with Crippen molar-refractivity contribution in [2.45, 2.75) is 25.3 Å². The number of hydrogen-bond donors (Lipinski definition) is 2. The molecule has 1 aliphatic rings. The van der Waals surface area contributed by atoms with Gasteiger partial charge in [0.1, 0.15) is 0 Å². The molecule has 1 unspecified atom stereocenters. The molecule has 1 atom stereocenters. The average Bonchev–Trinajstić information content (AvgIpc) is 2.95. The van der Waals surface area contributed by atoms with Gasteiger partial charge in [-0.2, -0.15) is 0 Å². The van der Waals surface area contributed by atoms with Crippen molar-refractivity contribution >= 4 is 32.5 Å². The minimum absolute atomic E-state index is 0.523. The van der Waals surface area contributed by atoms with Crippen molar-refractivity contribution in [3.8, 4) is 0 Å². The molecule has 2 aromatic carbocycles. The lowest BCUT2D eigenvalue weighted by atomic mass is 9.88. The van der Waals surface area contributed by atoms with Gasteiger partial charge in [0.05, 0.1) is 0 Å². The molecule has 0 fully saturated rings. The van der Waals surface area contributed by atoms with Gasteiger partial charge in [-0.25, -0.2) is 0 Å². The summed E-state index contributed by atoms with van der Waals surface area (Å²) < 4.78 is 1.19. The number of H-pyrrole nitrogens is 1. The summed E-state index contributed by atoms with van der Waals surface area (Å²) in [5, 5.41) is 4.96. The number of aromatic amines is 1. The summed E-state index contributed by atoms with van der Waals surface area (Å²) in [7, 11) is 0. The molecular weight excluding hydrogens is 324 g/mol. The van der Waals surface area contributed by atoms with E-state index in [4.69, 9.17) is 0 Å². The smallest absolute Gasteiger partial charge is 0.0455 e. The predicted molar refractivity (Wildman–Crippen MR) is 91.9 cm³/mol. The fraction of sp³-hybridized carbons (Fsp3) is 0.222. The largest absolute Gasteiger partial charge is 0.382 e. The van der Waals surface area contributed by atoms with E-state index >= 15 is 0 Å². The molecule has 1 aliphatic carbocycles. The van der Waals surface area contributed by atoms with Gasteiger partial charge in [0.15, 0.2) is 0 Å². The highest BCUT2D eigenvalue weighted by Crippen LogP contribution is 2.27. The molecule has 0 saturated carbocycles. The van der Waals surface area contributed by atoms with Gasteiger partial charge in [-0.05, 0) is 66.8 Å². The minimum Gasteiger partial charge on any atom is -0.382 e. The SMILES string of the molecule is Brc1ccc2c(c1)CCC(Nc1ccc3[nH]ccc3c1)C2. The monoisotopic (exact) mass is 340 g/mol. The number of rotatable bonds is 2. The Morgan fingerprint density at radius 3 is 2.95 bits per heavy atom. The second-order valence-corrected chi connectivity index (χ2v) is 6.69. The first kappa shape index (κ1) is 13.0. The van der Waals surface area contributed by atoms with Gasteiger partial charge in [-0.3, -0.25) is 0 Å². The summed E-state index contributed by atoms with van der Waals surface area (Å²) in [6.45, 7) is 0. The van der Waals surface area contributed by atoms with Crippen LogP contribution in [0.1, 0.15) is 17.5 Å². The average molecular weight is 341 g/mol. The number of benzene rings is 2. The number of halogens is 1. The molecule has 0 aliphatic heterocycles. The van der Waals surface area contributed by atoms with E-state index in [1.807, 2.05) is 6.20 Å². The molecule has 2 N–H and O–H groups in total. The quantitative estimate of drug-likeness (QED) is 0.682. The molecule has 0 bridgehead atoms. The number of aryl methyl sites for hydroxylation is 1. The van der Waals surface area contributed by atoms with E-state index in [1.54, 1.807) is 0 Å². The van der Waals surface area contributed by atoms with E-state index < -0.39 is 0 Å². The molecule has 2 nitrogen and oxygen atoms in total. The van der Waals surface area contributed by atoms with Crippen molar-refractivity contribution < 1.29 is 0 Å². The van der Waals surface area contributed by atoms with Crippen LogP contribution in [-0.4, -0.2) is 11.0 Å². The number of anilines is 1. The number of hydrogen-bond acceptors (Lipinski definition) is 1. The van der Waals surface area contributed by atoms with E-state index in [0.717, 1.165) is 12.8 Å². The van der Waals surface area contributed by atoms with E-state index in [9.17, 15) is 0 Å². The molecule has 106 valence electrons. The Kier molecular flexibility index (Phi) is 3.23. The summed E-state index contributed by atoms with van der Waals surface area (Å²) in [5.41, 5.74) is 5.38. The van der Waals surface area contributed by atoms with Gasteiger partial charge in [0.2, 0.25) is 0 Å². The van der Waals surface area contributed by atoms with Crippen molar-refractivity contribution in [3.05, 3.63) is 64.3 Å². The summed E-state index contributed by atoms with van der Waals surface area (Å²) in [6, 6.07) is 15.8. The van der Waals surface area contributed by atoms with Crippen LogP contribution < -0.4 is 5.32 Å². The van der Waals surface area contributed by atoms with Crippen LogP contribution in [0.5, 0.6) is 0 Å². The maximum absolute atomic E-state index is 3.69. The van der Waals surface area contributed by atoms with Gasteiger partial charge in [-0.1, -0.05) is 22.0 Å². The molecule has 0 radical (unpaired) electrons. The third-order valence-corrected chi connectivity index (χ3v) is 4.81. The lowest BCUT2D eigenvalue weighted by Gasteiger charge is -2.26. The van der Waals surface area contributed by atoms with Crippen LogP contribution in [0.2, 0.25) is 0 Å². The highest BCUT2D eigenvalue weighted by atomic mass is 79.9. The van der Waals surface area contributed by atoms with Crippen LogP contribution in [-0.2, 0) is 12.8 Å². The van der Waals surface area contributed by atoms with Crippen molar-refractivity contribution in [2.24, 2.45) is 0 Å². The molecule has 0 spiro atoms. The van der Waals surface area contributed by atoms with E-state index in [1.165, 1.54) is 38.6 Å². The van der Waals surface area contributed by atoms with Crippen molar-refractivity contribution in [1.29, 1.82) is 0 Å². The first-order valence-corrected chi connectivity index (χ1v) is 8.18. The number of nitrogens with one attached hydrogen (secondary N) is 2. The third kappa shape index (κ3) is 2.58. The fourth-order valence-corrected chi connectivity index (χ4v) is 3.63. The van der Waals surface area contributed by atoms with Gasteiger partial charge in [0.25, 0.3) is 0 Å². The summed E-state index contributed by atoms with van der Waals surface area (Å²) in [6.07, 6.45) is 5.43. The van der Waals surface area contributed by atoms with Crippen molar-refractivity contribution in [2.75, 3.05) is 5.32 Å². The number of aromatic nitrogens is 1. The Balaban J connectivity index is 1.54. The second-order valence-electron chi connectivity index (χ2n) is 5.78. The first-order chi connectivity index (χ1) is 10.3. The first-order valence-electron chi connectivity index (χ1n) is 7.39. The highest BCUT2D eigenvalue weighted by Gasteiger charge is 2.18. The molecular formula is C18H17BrN2. The van der Waals surface area contributed by atoms with E-state index in [2.05, 4.69) is 68.7 Å². The van der Waals surface area contributed by atoms with Gasteiger partial charge < -0.3 is 10.3 Å². The molecule has 4 rings (SSSR count). The van der Waals surface area contributed by atoms with Crippen LogP contribution in [0.25, 0.3) is 10.9 Å². The molecule has 3 heteroatoms. The van der Waals surface area contributed by atoms with E-state index in [0.29, 0.717) is 6.04 Å². The Morgan fingerprint density at radius 2 is 2.00 bits per heavy atom. The second kappa shape index (κ2) is 5.23. The minimum atomic E-state index is 0.523. The number of fused-ring (bicyclic) bond motifs is 2. The Labute approximate surface area is 132 Å². The van der Waals surface area contributed by atoms with Crippen LogP contribution in [0, 0.1) is 0 Å². The zero-order valence-electron chi connectivity index (χ0n) is 11.7. The van der Waals surface area contributed by atoms with Crippen molar-refractivity contribution in [1.82, 2.24) is 4.98 Å². The summed E-state index contributed by atoms with van der Waals surface area (Å²) >= 11 is 3.56. The Morgan fingerprint density at radius 1 is 1.05 bits per heavy atom. The normalized spacial score (nSPS) is 17.7. The van der Waals surface area contributed by atoms with E-state index in [-0.39, 0.29) is 0 Å². The van der Waals surface area contributed by atoms with Gasteiger partial charge in [0, 0.05) is 33.3 Å². The lowest BCUT2D eigenvalue weighted by Crippen LogP contribution is -2.27. The molecule has 21 heavy (non-hydrogen) atoms. The van der Waals surface area contributed by atoms with Crippen LogP contribution in [0.15, 0.2) is 53.1 Å². The highest BCUT2D eigenvalue weighted by molar-refractivity contribution is 9.10. The zero-order chi connectivity index (χ0) is 14.2.